The standard InChI is InChI=1S/C16H14ClN3O/c1-20(11-13-4-2-3-5-15(13)17)16(21)19-14-8-6-12(10-18)7-9-14/h2-9H,11H2,1H3,(H,19,21). The molecule has 2 aromatic carbocycles. The lowest BCUT2D eigenvalue weighted by molar-refractivity contribution is 0.220. The molecule has 0 saturated carbocycles. The van der Waals surface area contributed by atoms with Crippen LogP contribution in [0.4, 0.5) is 10.5 Å². The Morgan fingerprint density at radius 3 is 2.52 bits per heavy atom. The second-order valence-corrected chi connectivity index (χ2v) is 4.97. The van der Waals surface area contributed by atoms with Crippen LogP contribution in [0, 0.1) is 11.3 Å². The lowest BCUT2D eigenvalue weighted by Crippen LogP contribution is -2.30. The van der Waals surface area contributed by atoms with Crippen LogP contribution >= 0.6 is 11.6 Å². The van der Waals surface area contributed by atoms with Gasteiger partial charge in [0.15, 0.2) is 0 Å². The lowest BCUT2D eigenvalue weighted by atomic mass is 10.2. The third-order valence-corrected chi connectivity index (χ3v) is 3.35. The SMILES string of the molecule is CN(Cc1ccccc1Cl)C(=O)Nc1ccc(C#N)cc1. The molecule has 0 aliphatic carbocycles. The molecule has 0 fully saturated rings. The summed E-state index contributed by atoms with van der Waals surface area (Å²) >= 11 is 6.08. The molecule has 2 amide bonds. The van der Waals surface area contributed by atoms with Crippen LogP contribution in [-0.4, -0.2) is 18.0 Å². The van der Waals surface area contributed by atoms with Gasteiger partial charge in [-0.15, -0.1) is 0 Å². The fraction of sp³-hybridized carbons (Fsp3) is 0.125. The first kappa shape index (κ1) is 14.9. The fourth-order valence-electron chi connectivity index (χ4n) is 1.80. The van der Waals surface area contributed by atoms with Crippen molar-refractivity contribution in [3.63, 3.8) is 0 Å². The lowest BCUT2D eigenvalue weighted by Gasteiger charge is -2.18. The second kappa shape index (κ2) is 6.78. The predicted molar refractivity (Wildman–Crippen MR) is 83.1 cm³/mol. The van der Waals surface area contributed by atoms with Crippen LogP contribution in [0.1, 0.15) is 11.1 Å². The minimum Gasteiger partial charge on any atom is -0.323 e. The van der Waals surface area contributed by atoms with Gasteiger partial charge in [-0.3, -0.25) is 0 Å². The zero-order valence-electron chi connectivity index (χ0n) is 11.5. The highest BCUT2D eigenvalue weighted by molar-refractivity contribution is 6.31. The van der Waals surface area contributed by atoms with Crippen molar-refractivity contribution < 1.29 is 4.79 Å². The van der Waals surface area contributed by atoms with Gasteiger partial charge in [-0.05, 0) is 35.9 Å². The highest BCUT2D eigenvalue weighted by atomic mass is 35.5. The Labute approximate surface area is 128 Å². The fourth-order valence-corrected chi connectivity index (χ4v) is 2.00. The van der Waals surface area contributed by atoms with Crippen LogP contribution in [0.5, 0.6) is 0 Å². The molecule has 21 heavy (non-hydrogen) atoms. The second-order valence-electron chi connectivity index (χ2n) is 4.57. The number of nitrogens with zero attached hydrogens (tertiary/aromatic N) is 2. The molecule has 0 radical (unpaired) electrons. The number of amides is 2. The molecule has 0 heterocycles. The van der Waals surface area contributed by atoms with Crippen molar-refractivity contribution >= 4 is 23.3 Å². The Hall–Kier alpha value is -2.51. The van der Waals surface area contributed by atoms with Gasteiger partial charge in [-0.25, -0.2) is 4.79 Å². The van der Waals surface area contributed by atoms with Gasteiger partial charge in [-0.2, -0.15) is 5.26 Å². The molecule has 0 spiro atoms. The first-order chi connectivity index (χ1) is 10.1. The quantitative estimate of drug-likeness (QED) is 0.935. The van der Waals surface area contributed by atoms with E-state index in [1.165, 1.54) is 0 Å². The van der Waals surface area contributed by atoms with Crippen molar-refractivity contribution in [3.8, 4) is 6.07 Å². The van der Waals surface area contributed by atoms with Gasteiger partial charge in [0.25, 0.3) is 0 Å². The van der Waals surface area contributed by atoms with E-state index in [1.54, 1.807) is 42.3 Å². The van der Waals surface area contributed by atoms with Gasteiger partial charge >= 0.3 is 6.03 Å². The van der Waals surface area contributed by atoms with E-state index < -0.39 is 0 Å². The molecule has 0 bridgehead atoms. The molecule has 4 nitrogen and oxygen atoms in total. The third-order valence-electron chi connectivity index (χ3n) is 2.98. The van der Waals surface area contributed by atoms with E-state index >= 15 is 0 Å². The van der Waals surface area contributed by atoms with Crippen molar-refractivity contribution in [2.45, 2.75) is 6.54 Å². The van der Waals surface area contributed by atoms with Crippen molar-refractivity contribution in [3.05, 3.63) is 64.7 Å². The summed E-state index contributed by atoms with van der Waals surface area (Å²) in [5.41, 5.74) is 2.08. The molecule has 0 unspecified atom stereocenters. The largest absolute Gasteiger partial charge is 0.323 e. The number of nitrogens with one attached hydrogen (secondary N) is 1. The number of halogens is 1. The molecule has 0 saturated heterocycles. The Morgan fingerprint density at radius 2 is 1.90 bits per heavy atom. The Balaban J connectivity index is 1.99. The number of hydrogen-bond donors (Lipinski definition) is 1. The van der Waals surface area contributed by atoms with E-state index in [0.717, 1.165) is 5.56 Å². The number of anilines is 1. The summed E-state index contributed by atoms with van der Waals surface area (Å²) in [6, 6.07) is 15.9. The van der Waals surface area contributed by atoms with E-state index in [9.17, 15) is 4.79 Å². The van der Waals surface area contributed by atoms with Crippen LogP contribution < -0.4 is 5.32 Å². The number of urea groups is 1. The number of carbonyl (C=O) groups excluding carboxylic acids is 1. The van der Waals surface area contributed by atoms with E-state index in [0.29, 0.717) is 22.8 Å². The van der Waals surface area contributed by atoms with Crippen LogP contribution in [0.25, 0.3) is 0 Å². The number of nitriles is 1. The summed E-state index contributed by atoms with van der Waals surface area (Å²) in [6.45, 7) is 0.418. The molecule has 2 rings (SSSR count). The van der Waals surface area contributed by atoms with E-state index in [-0.39, 0.29) is 6.03 Å². The highest BCUT2D eigenvalue weighted by Gasteiger charge is 2.10. The molecule has 2 aromatic rings. The number of rotatable bonds is 3. The number of hydrogen-bond acceptors (Lipinski definition) is 2. The van der Waals surface area contributed by atoms with Crippen LogP contribution in [0.2, 0.25) is 5.02 Å². The Morgan fingerprint density at radius 1 is 1.24 bits per heavy atom. The zero-order valence-corrected chi connectivity index (χ0v) is 12.3. The predicted octanol–water partition coefficient (Wildman–Crippen LogP) is 3.88. The summed E-state index contributed by atoms with van der Waals surface area (Å²) in [5, 5.41) is 12.1. The summed E-state index contributed by atoms with van der Waals surface area (Å²) in [4.78, 5) is 13.6. The first-order valence-electron chi connectivity index (χ1n) is 6.36. The van der Waals surface area contributed by atoms with Crippen molar-refractivity contribution in [2.24, 2.45) is 0 Å². The van der Waals surface area contributed by atoms with Gasteiger partial charge in [0, 0.05) is 24.3 Å². The summed E-state index contributed by atoms with van der Waals surface area (Å²) in [7, 11) is 1.70. The molecule has 0 aliphatic heterocycles. The third kappa shape index (κ3) is 3.98. The normalized spacial score (nSPS) is 9.76. The maximum Gasteiger partial charge on any atom is 0.321 e. The Kier molecular flexibility index (Phi) is 4.81. The Bertz CT molecular complexity index is 677. The molecule has 106 valence electrons. The van der Waals surface area contributed by atoms with Gasteiger partial charge in [0.05, 0.1) is 11.6 Å². The molecule has 5 heteroatoms. The monoisotopic (exact) mass is 299 g/mol. The summed E-state index contributed by atoms with van der Waals surface area (Å²) in [6.07, 6.45) is 0. The van der Waals surface area contributed by atoms with Crippen LogP contribution in [-0.2, 0) is 6.54 Å². The van der Waals surface area contributed by atoms with E-state index in [1.807, 2.05) is 24.3 Å². The minimum atomic E-state index is -0.236. The smallest absolute Gasteiger partial charge is 0.321 e. The molecule has 0 aromatic heterocycles. The maximum absolute atomic E-state index is 12.1. The topological polar surface area (TPSA) is 56.1 Å². The maximum atomic E-state index is 12.1. The first-order valence-corrected chi connectivity index (χ1v) is 6.73. The molecule has 0 aliphatic rings. The van der Waals surface area contributed by atoms with Gasteiger partial charge in [0.1, 0.15) is 0 Å². The van der Waals surface area contributed by atoms with Gasteiger partial charge in [0.2, 0.25) is 0 Å². The molecular weight excluding hydrogens is 286 g/mol. The van der Waals surface area contributed by atoms with Gasteiger partial charge < -0.3 is 10.2 Å². The average molecular weight is 300 g/mol. The number of carbonyl (C=O) groups is 1. The summed E-state index contributed by atoms with van der Waals surface area (Å²) in [5.74, 6) is 0. The number of benzene rings is 2. The van der Waals surface area contributed by atoms with Gasteiger partial charge in [-0.1, -0.05) is 29.8 Å². The van der Waals surface area contributed by atoms with Crippen LogP contribution in [0.15, 0.2) is 48.5 Å². The van der Waals surface area contributed by atoms with Crippen molar-refractivity contribution in [1.82, 2.24) is 4.90 Å². The van der Waals surface area contributed by atoms with E-state index in [4.69, 9.17) is 16.9 Å². The summed E-state index contributed by atoms with van der Waals surface area (Å²) < 4.78 is 0. The molecular formula is C16H14ClN3O. The molecule has 0 atom stereocenters. The zero-order chi connectivity index (χ0) is 15.2. The van der Waals surface area contributed by atoms with Crippen LogP contribution in [0.3, 0.4) is 0 Å². The average Bonchev–Trinajstić information content (AvgIpc) is 2.50. The minimum absolute atomic E-state index is 0.236. The molecule has 1 N–H and O–H groups in total. The van der Waals surface area contributed by atoms with Crippen molar-refractivity contribution in [2.75, 3.05) is 12.4 Å². The van der Waals surface area contributed by atoms with E-state index in [2.05, 4.69) is 5.32 Å². The highest BCUT2D eigenvalue weighted by Crippen LogP contribution is 2.17. The van der Waals surface area contributed by atoms with Crippen molar-refractivity contribution in [1.29, 1.82) is 5.26 Å².